The normalized spacial score (nSPS) is 14.5. The Kier molecular flexibility index (Phi) is 5.01. The highest BCUT2D eigenvalue weighted by Gasteiger charge is 2.12. The fraction of sp³-hybridized carbons (Fsp3) is 0.400. The molecule has 0 fully saturated rings. The lowest BCUT2D eigenvalue weighted by atomic mass is 10.2. The molecule has 0 aromatic heterocycles. The Bertz CT molecular complexity index is 499. The second kappa shape index (κ2) is 6.96. The monoisotopic (exact) mass is 277 g/mol. The summed E-state index contributed by atoms with van der Waals surface area (Å²) in [6.07, 6.45) is 4.23. The Morgan fingerprint density at radius 1 is 1.45 bits per heavy atom. The number of benzene rings is 1. The van der Waals surface area contributed by atoms with E-state index in [1.165, 1.54) is 6.08 Å². The van der Waals surface area contributed by atoms with Gasteiger partial charge in [-0.1, -0.05) is 19.4 Å². The van der Waals surface area contributed by atoms with E-state index in [4.69, 9.17) is 9.47 Å². The Labute approximate surface area is 118 Å². The summed E-state index contributed by atoms with van der Waals surface area (Å²) < 4.78 is 10.5. The molecule has 0 saturated carbocycles. The molecule has 20 heavy (non-hydrogen) atoms. The van der Waals surface area contributed by atoms with Crippen LogP contribution >= 0.6 is 0 Å². The fourth-order valence-corrected chi connectivity index (χ4v) is 1.90. The zero-order valence-electron chi connectivity index (χ0n) is 11.5. The van der Waals surface area contributed by atoms with Crippen molar-refractivity contribution in [2.24, 2.45) is 0 Å². The van der Waals surface area contributed by atoms with Crippen LogP contribution < -0.4 is 14.8 Å². The van der Waals surface area contributed by atoms with Gasteiger partial charge in [-0.05, 0) is 30.2 Å². The first-order chi connectivity index (χ1) is 9.69. The third-order valence-electron chi connectivity index (χ3n) is 2.96. The van der Waals surface area contributed by atoms with Gasteiger partial charge < -0.3 is 19.9 Å². The number of aliphatic hydroxyl groups excluding tert-OH is 1. The number of amides is 1. The maximum atomic E-state index is 11.6. The number of hydrogen-bond donors (Lipinski definition) is 2. The summed E-state index contributed by atoms with van der Waals surface area (Å²) in [5.41, 5.74) is 0.860. The van der Waals surface area contributed by atoms with Crippen molar-refractivity contribution in [1.82, 2.24) is 5.32 Å². The summed E-state index contributed by atoms with van der Waals surface area (Å²) >= 11 is 0. The first kappa shape index (κ1) is 14.4. The number of nitrogens with one attached hydrogen (secondary N) is 1. The third-order valence-corrected chi connectivity index (χ3v) is 2.96. The van der Waals surface area contributed by atoms with Crippen molar-refractivity contribution in [2.75, 3.05) is 13.3 Å². The van der Waals surface area contributed by atoms with Crippen LogP contribution in [0, 0.1) is 0 Å². The van der Waals surface area contributed by atoms with E-state index < -0.39 is 6.10 Å². The van der Waals surface area contributed by atoms with Crippen LogP contribution in [-0.4, -0.2) is 30.5 Å². The lowest BCUT2D eigenvalue weighted by Gasteiger charge is -2.08. The van der Waals surface area contributed by atoms with Crippen molar-refractivity contribution in [2.45, 2.75) is 25.9 Å². The van der Waals surface area contributed by atoms with E-state index in [1.807, 2.05) is 25.1 Å². The minimum Gasteiger partial charge on any atom is -0.454 e. The van der Waals surface area contributed by atoms with E-state index >= 15 is 0 Å². The molecule has 0 aliphatic carbocycles. The minimum atomic E-state index is -0.483. The molecule has 0 radical (unpaired) electrons. The average Bonchev–Trinajstić information content (AvgIpc) is 2.90. The lowest BCUT2D eigenvalue weighted by Crippen LogP contribution is -2.30. The predicted molar refractivity (Wildman–Crippen MR) is 75.5 cm³/mol. The molecule has 1 amide bonds. The predicted octanol–water partition coefficient (Wildman–Crippen LogP) is 1.71. The largest absolute Gasteiger partial charge is 0.454 e. The van der Waals surface area contributed by atoms with Crippen LogP contribution in [0.25, 0.3) is 6.08 Å². The van der Waals surface area contributed by atoms with Gasteiger partial charge in [0.25, 0.3) is 0 Å². The van der Waals surface area contributed by atoms with Gasteiger partial charge >= 0.3 is 0 Å². The highest BCUT2D eigenvalue weighted by molar-refractivity contribution is 5.91. The SMILES string of the molecule is CCCC(O)CNC(=O)/C=C/c1ccc2c(c1)OCO2. The molecule has 1 unspecified atom stereocenters. The summed E-state index contributed by atoms with van der Waals surface area (Å²) in [5, 5.41) is 12.2. The zero-order chi connectivity index (χ0) is 14.4. The first-order valence-electron chi connectivity index (χ1n) is 6.72. The molecule has 1 heterocycles. The molecule has 1 aliphatic rings. The molecule has 2 rings (SSSR count). The van der Waals surface area contributed by atoms with E-state index in [9.17, 15) is 9.90 Å². The van der Waals surface area contributed by atoms with Gasteiger partial charge in [-0.15, -0.1) is 0 Å². The number of hydrogen-bond acceptors (Lipinski definition) is 4. The average molecular weight is 277 g/mol. The number of aliphatic hydroxyl groups is 1. The molecular formula is C15H19NO4. The third kappa shape index (κ3) is 3.99. The first-order valence-corrected chi connectivity index (χ1v) is 6.72. The zero-order valence-corrected chi connectivity index (χ0v) is 11.5. The molecule has 108 valence electrons. The number of ether oxygens (including phenoxy) is 2. The molecule has 1 aromatic rings. The second-order valence-electron chi connectivity index (χ2n) is 4.63. The molecule has 0 saturated heterocycles. The van der Waals surface area contributed by atoms with Crippen molar-refractivity contribution in [3.05, 3.63) is 29.8 Å². The highest BCUT2D eigenvalue weighted by Crippen LogP contribution is 2.32. The quantitative estimate of drug-likeness (QED) is 0.777. The smallest absolute Gasteiger partial charge is 0.244 e. The minimum absolute atomic E-state index is 0.224. The number of rotatable bonds is 6. The lowest BCUT2D eigenvalue weighted by molar-refractivity contribution is -0.116. The van der Waals surface area contributed by atoms with E-state index in [2.05, 4.69) is 5.32 Å². The van der Waals surface area contributed by atoms with Gasteiger partial charge in [0.05, 0.1) is 6.10 Å². The van der Waals surface area contributed by atoms with E-state index in [-0.39, 0.29) is 19.2 Å². The van der Waals surface area contributed by atoms with Crippen molar-refractivity contribution >= 4 is 12.0 Å². The van der Waals surface area contributed by atoms with E-state index in [0.29, 0.717) is 17.9 Å². The summed E-state index contributed by atoms with van der Waals surface area (Å²) in [7, 11) is 0. The van der Waals surface area contributed by atoms with Crippen LogP contribution in [0.15, 0.2) is 24.3 Å². The Hall–Kier alpha value is -2.01. The van der Waals surface area contributed by atoms with Crippen molar-refractivity contribution < 1.29 is 19.4 Å². The topological polar surface area (TPSA) is 67.8 Å². The second-order valence-corrected chi connectivity index (χ2v) is 4.63. The van der Waals surface area contributed by atoms with E-state index in [1.54, 1.807) is 6.08 Å². The van der Waals surface area contributed by atoms with Gasteiger partial charge in [0.2, 0.25) is 12.7 Å². The van der Waals surface area contributed by atoms with Gasteiger partial charge in [-0.3, -0.25) is 4.79 Å². The molecule has 1 aromatic carbocycles. The van der Waals surface area contributed by atoms with Crippen molar-refractivity contribution in [1.29, 1.82) is 0 Å². The van der Waals surface area contributed by atoms with Gasteiger partial charge in [0.1, 0.15) is 0 Å². The Morgan fingerprint density at radius 2 is 2.25 bits per heavy atom. The standard InChI is InChI=1S/C15H19NO4/c1-2-3-12(17)9-16-15(18)7-5-11-4-6-13-14(8-11)20-10-19-13/h4-8,12,17H,2-3,9-10H2,1H3,(H,16,18)/b7-5+. The van der Waals surface area contributed by atoms with Gasteiger partial charge in [0, 0.05) is 12.6 Å². The van der Waals surface area contributed by atoms with Crippen LogP contribution in [0.1, 0.15) is 25.3 Å². The molecule has 1 atom stereocenters. The molecule has 5 nitrogen and oxygen atoms in total. The Balaban J connectivity index is 1.84. The maximum absolute atomic E-state index is 11.6. The summed E-state index contributed by atoms with van der Waals surface area (Å²) in [6, 6.07) is 5.48. The van der Waals surface area contributed by atoms with Crippen molar-refractivity contribution in [3.8, 4) is 11.5 Å². The van der Waals surface area contributed by atoms with Crippen LogP contribution in [0.5, 0.6) is 11.5 Å². The van der Waals surface area contributed by atoms with Gasteiger partial charge in [-0.2, -0.15) is 0 Å². The van der Waals surface area contributed by atoms with Crippen LogP contribution in [0.2, 0.25) is 0 Å². The van der Waals surface area contributed by atoms with Crippen LogP contribution in [0.3, 0.4) is 0 Å². The van der Waals surface area contributed by atoms with Gasteiger partial charge in [0.15, 0.2) is 11.5 Å². The fourth-order valence-electron chi connectivity index (χ4n) is 1.90. The van der Waals surface area contributed by atoms with Crippen LogP contribution in [0.4, 0.5) is 0 Å². The summed E-state index contributed by atoms with van der Waals surface area (Å²) in [4.78, 5) is 11.6. The molecule has 2 N–H and O–H groups in total. The number of carbonyl (C=O) groups is 1. The number of carbonyl (C=O) groups excluding carboxylic acids is 1. The summed E-state index contributed by atoms with van der Waals surface area (Å²) in [6.45, 7) is 2.50. The van der Waals surface area contributed by atoms with Gasteiger partial charge in [-0.25, -0.2) is 0 Å². The van der Waals surface area contributed by atoms with E-state index in [0.717, 1.165) is 12.0 Å². The summed E-state index contributed by atoms with van der Waals surface area (Å²) in [5.74, 6) is 1.18. The Morgan fingerprint density at radius 3 is 3.05 bits per heavy atom. The molecule has 0 bridgehead atoms. The number of fused-ring (bicyclic) bond motifs is 1. The molecule has 1 aliphatic heterocycles. The molecule has 0 spiro atoms. The van der Waals surface area contributed by atoms with Crippen LogP contribution in [-0.2, 0) is 4.79 Å². The maximum Gasteiger partial charge on any atom is 0.244 e. The highest BCUT2D eigenvalue weighted by atomic mass is 16.7. The van der Waals surface area contributed by atoms with Crippen molar-refractivity contribution in [3.63, 3.8) is 0 Å². The molecular weight excluding hydrogens is 258 g/mol. The molecule has 5 heteroatoms.